The number of benzene rings is 2. The monoisotopic (exact) mass is 498 g/mol. The fraction of sp³-hybridized carbons (Fsp3) is 0.375. The minimum atomic E-state index is -0.388. The van der Waals surface area contributed by atoms with Gasteiger partial charge in [-0.05, 0) is 44.7 Å². The topological polar surface area (TPSA) is 57.1 Å². The standard InChI is InChI=1S/C24H27BrN4OS/c1-16-4-9-20(17(2)14-16)26-21(30)15-31-23-22(18-5-7-19(25)8-6-18)27-24(28-23)10-12-29(3)13-11-24/h4-9,14H,10-13,15H2,1-3H3,(H,26,30). The van der Waals surface area contributed by atoms with Crippen LogP contribution in [0.5, 0.6) is 0 Å². The Labute approximate surface area is 196 Å². The lowest BCUT2D eigenvalue weighted by molar-refractivity contribution is -0.113. The summed E-state index contributed by atoms with van der Waals surface area (Å²) in [6.45, 7) is 6.02. The van der Waals surface area contributed by atoms with Crippen LogP contribution in [-0.2, 0) is 4.79 Å². The van der Waals surface area contributed by atoms with E-state index in [4.69, 9.17) is 9.98 Å². The van der Waals surface area contributed by atoms with E-state index in [1.54, 1.807) is 0 Å². The van der Waals surface area contributed by atoms with Crippen LogP contribution in [0.3, 0.4) is 0 Å². The molecule has 162 valence electrons. The van der Waals surface area contributed by atoms with Crippen LogP contribution in [-0.4, -0.2) is 53.1 Å². The van der Waals surface area contributed by atoms with Gasteiger partial charge in [0, 0.05) is 41.7 Å². The summed E-state index contributed by atoms with van der Waals surface area (Å²) in [7, 11) is 2.14. The second-order valence-electron chi connectivity index (χ2n) is 8.33. The molecule has 0 atom stereocenters. The predicted molar refractivity (Wildman–Crippen MR) is 135 cm³/mol. The van der Waals surface area contributed by atoms with E-state index in [-0.39, 0.29) is 11.6 Å². The largest absolute Gasteiger partial charge is 0.325 e. The summed E-state index contributed by atoms with van der Waals surface area (Å²) in [5.41, 5.74) is 4.67. The first-order valence-corrected chi connectivity index (χ1v) is 12.3. The molecule has 31 heavy (non-hydrogen) atoms. The van der Waals surface area contributed by atoms with Crippen molar-refractivity contribution in [3.8, 4) is 0 Å². The lowest BCUT2D eigenvalue weighted by Crippen LogP contribution is -2.39. The molecule has 2 aliphatic heterocycles. The summed E-state index contributed by atoms with van der Waals surface area (Å²) in [6.07, 6.45) is 1.81. The predicted octanol–water partition coefficient (Wildman–Crippen LogP) is 5.06. The highest BCUT2D eigenvalue weighted by molar-refractivity contribution is 9.10. The first-order valence-electron chi connectivity index (χ1n) is 10.5. The van der Waals surface area contributed by atoms with Crippen LogP contribution in [0, 0.1) is 13.8 Å². The van der Waals surface area contributed by atoms with Crippen LogP contribution in [0.2, 0.25) is 0 Å². The van der Waals surface area contributed by atoms with Gasteiger partial charge < -0.3 is 10.2 Å². The van der Waals surface area contributed by atoms with Crippen LogP contribution in [0.25, 0.3) is 0 Å². The normalized spacial score (nSPS) is 18.1. The Kier molecular flexibility index (Phi) is 6.65. The van der Waals surface area contributed by atoms with Crippen molar-refractivity contribution in [3.63, 3.8) is 0 Å². The van der Waals surface area contributed by atoms with E-state index in [9.17, 15) is 4.79 Å². The average molecular weight is 499 g/mol. The lowest BCUT2D eigenvalue weighted by atomic mass is 9.99. The van der Waals surface area contributed by atoms with Crippen molar-refractivity contribution in [3.05, 3.63) is 63.6 Å². The number of carbonyl (C=O) groups excluding carboxylic acids is 1. The number of likely N-dealkylation sites (tertiary alicyclic amines) is 1. The molecule has 5 nitrogen and oxygen atoms in total. The van der Waals surface area contributed by atoms with Crippen molar-refractivity contribution in [2.24, 2.45) is 9.98 Å². The number of hydrogen-bond acceptors (Lipinski definition) is 5. The number of piperidine rings is 1. The molecule has 2 heterocycles. The minimum Gasteiger partial charge on any atom is -0.325 e. The number of carbonyl (C=O) groups is 1. The van der Waals surface area contributed by atoms with Crippen molar-refractivity contribution < 1.29 is 4.79 Å². The number of aryl methyl sites for hydroxylation is 2. The van der Waals surface area contributed by atoms with Crippen LogP contribution in [0.15, 0.2) is 56.9 Å². The van der Waals surface area contributed by atoms with Crippen LogP contribution >= 0.6 is 27.7 Å². The third-order valence-electron chi connectivity index (χ3n) is 5.73. The summed E-state index contributed by atoms with van der Waals surface area (Å²) < 4.78 is 1.03. The van der Waals surface area contributed by atoms with Gasteiger partial charge in [-0.2, -0.15) is 0 Å². The molecular formula is C24H27BrN4OS. The summed E-state index contributed by atoms with van der Waals surface area (Å²) in [4.78, 5) is 25.1. The van der Waals surface area contributed by atoms with Gasteiger partial charge in [0.25, 0.3) is 0 Å². The fourth-order valence-electron chi connectivity index (χ4n) is 3.89. The number of hydrogen-bond donors (Lipinski definition) is 1. The van der Waals surface area contributed by atoms with Crippen molar-refractivity contribution in [2.45, 2.75) is 32.4 Å². The summed E-state index contributed by atoms with van der Waals surface area (Å²) >= 11 is 4.98. The summed E-state index contributed by atoms with van der Waals surface area (Å²) in [6, 6.07) is 14.2. The van der Waals surface area contributed by atoms with E-state index in [2.05, 4.69) is 58.3 Å². The zero-order valence-electron chi connectivity index (χ0n) is 18.1. The Balaban J connectivity index is 1.51. The molecule has 0 saturated carbocycles. The molecule has 1 spiro atoms. The van der Waals surface area contributed by atoms with Crippen LogP contribution in [0.4, 0.5) is 5.69 Å². The first-order chi connectivity index (χ1) is 14.8. The number of halogens is 1. The Morgan fingerprint density at radius 1 is 1.13 bits per heavy atom. The molecule has 0 bridgehead atoms. The van der Waals surface area contributed by atoms with Crippen LogP contribution in [0.1, 0.15) is 29.5 Å². The van der Waals surface area contributed by atoms with Gasteiger partial charge in [-0.3, -0.25) is 9.79 Å². The van der Waals surface area contributed by atoms with E-state index in [1.165, 1.54) is 17.3 Å². The van der Waals surface area contributed by atoms with E-state index in [1.807, 2.05) is 31.2 Å². The van der Waals surface area contributed by atoms with E-state index < -0.39 is 0 Å². The molecule has 1 fully saturated rings. The number of thioether (sulfide) groups is 1. The minimum absolute atomic E-state index is 0.0286. The number of nitrogens with zero attached hydrogens (tertiary/aromatic N) is 3. The van der Waals surface area contributed by atoms with Crippen molar-refractivity contribution in [2.75, 3.05) is 31.2 Å². The quantitative estimate of drug-likeness (QED) is 0.640. The molecule has 4 rings (SSSR count). The highest BCUT2D eigenvalue weighted by Gasteiger charge is 2.39. The van der Waals surface area contributed by atoms with E-state index in [0.717, 1.165) is 58.0 Å². The molecule has 2 aliphatic rings. The molecule has 0 radical (unpaired) electrons. The molecule has 7 heteroatoms. The van der Waals surface area contributed by atoms with Gasteiger partial charge in [0.1, 0.15) is 5.04 Å². The second kappa shape index (κ2) is 9.27. The highest BCUT2D eigenvalue weighted by Crippen LogP contribution is 2.35. The maximum Gasteiger partial charge on any atom is 0.234 e. The molecule has 1 saturated heterocycles. The molecule has 1 amide bonds. The molecule has 1 N–H and O–H groups in total. The van der Waals surface area contributed by atoms with Crippen LogP contribution < -0.4 is 5.32 Å². The van der Waals surface area contributed by atoms with Gasteiger partial charge in [-0.25, -0.2) is 4.99 Å². The zero-order valence-corrected chi connectivity index (χ0v) is 20.5. The molecular weight excluding hydrogens is 472 g/mol. The smallest absolute Gasteiger partial charge is 0.234 e. The lowest BCUT2D eigenvalue weighted by Gasteiger charge is -2.33. The van der Waals surface area contributed by atoms with Gasteiger partial charge in [0.15, 0.2) is 5.66 Å². The second-order valence-corrected chi connectivity index (χ2v) is 10.2. The third kappa shape index (κ3) is 5.27. The number of aliphatic imine (C=N–C) groups is 2. The maximum absolute atomic E-state index is 12.7. The van der Waals surface area contributed by atoms with Gasteiger partial charge >= 0.3 is 0 Å². The van der Waals surface area contributed by atoms with Crippen molar-refractivity contribution >= 4 is 50.0 Å². The summed E-state index contributed by atoms with van der Waals surface area (Å²) in [5, 5.41) is 3.90. The first kappa shape index (κ1) is 22.2. The molecule has 2 aromatic carbocycles. The number of rotatable bonds is 4. The molecule has 2 aromatic rings. The van der Waals surface area contributed by atoms with Crippen molar-refractivity contribution in [1.82, 2.24) is 4.90 Å². The average Bonchev–Trinajstić information content (AvgIpc) is 3.10. The highest BCUT2D eigenvalue weighted by atomic mass is 79.9. The van der Waals surface area contributed by atoms with Gasteiger partial charge in [-0.1, -0.05) is 57.5 Å². The fourth-order valence-corrected chi connectivity index (χ4v) is 5.03. The Hall–Kier alpha value is -1.96. The molecule has 0 aliphatic carbocycles. The van der Waals surface area contributed by atoms with Gasteiger partial charge in [-0.15, -0.1) is 0 Å². The Morgan fingerprint density at radius 3 is 2.52 bits per heavy atom. The maximum atomic E-state index is 12.7. The molecule has 0 aromatic heterocycles. The van der Waals surface area contributed by atoms with Gasteiger partial charge in [0.2, 0.25) is 5.91 Å². The number of anilines is 1. The van der Waals surface area contributed by atoms with E-state index in [0.29, 0.717) is 5.75 Å². The van der Waals surface area contributed by atoms with Crippen molar-refractivity contribution in [1.29, 1.82) is 0 Å². The van der Waals surface area contributed by atoms with E-state index >= 15 is 0 Å². The Morgan fingerprint density at radius 2 is 1.84 bits per heavy atom. The SMILES string of the molecule is Cc1ccc(NC(=O)CSC2=NC3(CCN(C)CC3)N=C2c2ccc(Br)cc2)c(C)c1. The molecule has 0 unspecified atom stereocenters. The third-order valence-corrected chi connectivity index (χ3v) is 7.23. The van der Waals surface area contributed by atoms with Gasteiger partial charge in [0.05, 0.1) is 11.5 Å². The number of amides is 1. The Bertz CT molecular complexity index is 1040. The zero-order chi connectivity index (χ0) is 22.0. The summed E-state index contributed by atoms with van der Waals surface area (Å²) in [5.74, 6) is 0.275. The number of nitrogens with one attached hydrogen (secondary N) is 1.